The first-order chi connectivity index (χ1) is 30.2. The summed E-state index contributed by atoms with van der Waals surface area (Å²) in [6.45, 7) is 0. The summed E-state index contributed by atoms with van der Waals surface area (Å²) in [6, 6.07) is 49.5. The van der Waals surface area contributed by atoms with Gasteiger partial charge in [0.15, 0.2) is 17.5 Å². The van der Waals surface area contributed by atoms with E-state index in [1.165, 1.54) is 12.1 Å². The maximum absolute atomic E-state index is 9.13. The number of hydrogen-bond acceptors (Lipinski definition) is 4. The molecule has 5 heteroatoms. The van der Waals surface area contributed by atoms with Crippen LogP contribution in [0, 0.1) is 0 Å². The Hall–Kier alpha value is -7.63. The molecule has 0 N–H and O–H groups in total. The van der Waals surface area contributed by atoms with Crippen LogP contribution < -0.4 is 0 Å². The van der Waals surface area contributed by atoms with Crippen LogP contribution in [0.5, 0.6) is 0 Å². The van der Waals surface area contributed by atoms with E-state index in [-0.39, 0.29) is 47.0 Å². The molecule has 0 atom stereocenters. The van der Waals surface area contributed by atoms with Crippen molar-refractivity contribution < 1.29 is 12.6 Å². The SMILES string of the molecule is [2H]c1cc([2H])c2c(c1[2H])c1c([2H])c([2H])cc([2H])c1n2-c1cc(-c2ccccc2)cc(-c2cccc3oc4c(-c5nc(-c6ccccc6)nc(-c6ccccc6)n5)cccc4c23)c1. The van der Waals surface area contributed by atoms with Crippen LogP contribution in [0.1, 0.15) is 8.22 Å². The fourth-order valence-corrected chi connectivity index (χ4v) is 7.66. The highest BCUT2D eigenvalue weighted by Gasteiger charge is 2.21. The van der Waals surface area contributed by atoms with Crippen molar-refractivity contribution in [3.8, 4) is 62.1 Å². The summed E-state index contributed by atoms with van der Waals surface area (Å²) in [4.78, 5) is 14.9. The second-order valence-electron chi connectivity index (χ2n) is 13.5. The molecule has 0 aliphatic carbocycles. The molecule has 8 aromatic carbocycles. The molecule has 3 heterocycles. The number of nitrogens with zero attached hydrogens (tertiary/aromatic N) is 4. The van der Waals surface area contributed by atoms with Crippen LogP contribution in [0.4, 0.5) is 0 Å². The Balaban J connectivity index is 1.18. The maximum atomic E-state index is 9.13. The van der Waals surface area contributed by atoms with Gasteiger partial charge in [-0.1, -0.05) is 152 Å². The molecule has 56 heavy (non-hydrogen) atoms. The average Bonchev–Trinajstić information content (AvgIpc) is 3.89. The smallest absolute Gasteiger partial charge is 0.167 e. The van der Waals surface area contributed by atoms with Crippen molar-refractivity contribution in [2.24, 2.45) is 0 Å². The Kier molecular flexibility index (Phi) is 6.10. The van der Waals surface area contributed by atoms with Gasteiger partial charge in [0, 0.05) is 38.4 Å². The van der Waals surface area contributed by atoms with Crippen molar-refractivity contribution >= 4 is 43.7 Å². The van der Waals surface area contributed by atoms with E-state index < -0.39 is 0 Å². The number of para-hydroxylation sites is 3. The van der Waals surface area contributed by atoms with Crippen LogP contribution in [0.15, 0.2) is 198 Å². The zero-order chi connectivity index (χ0) is 42.2. The quantitative estimate of drug-likeness (QED) is 0.171. The van der Waals surface area contributed by atoms with E-state index in [2.05, 4.69) is 6.07 Å². The summed E-state index contributed by atoms with van der Waals surface area (Å²) in [5, 5.41) is 2.13. The molecular formula is C51H32N4O. The van der Waals surface area contributed by atoms with Crippen LogP contribution in [-0.2, 0) is 0 Å². The first-order valence-corrected chi connectivity index (χ1v) is 18.3. The van der Waals surface area contributed by atoms with Gasteiger partial charge in [0.05, 0.1) is 24.8 Å². The third-order valence-electron chi connectivity index (χ3n) is 10.2. The van der Waals surface area contributed by atoms with Crippen molar-refractivity contribution in [2.75, 3.05) is 0 Å². The molecule has 0 bridgehead atoms. The maximum Gasteiger partial charge on any atom is 0.167 e. The topological polar surface area (TPSA) is 56.7 Å². The predicted octanol–water partition coefficient (Wildman–Crippen LogP) is 13.2. The Bertz CT molecular complexity index is 3460. The fraction of sp³-hybridized carbons (Fsp3) is 0. The van der Waals surface area contributed by atoms with E-state index in [1.54, 1.807) is 4.57 Å². The summed E-state index contributed by atoms with van der Waals surface area (Å²) in [7, 11) is 0. The van der Waals surface area contributed by atoms with Crippen LogP contribution in [0.2, 0.25) is 0 Å². The first kappa shape index (κ1) is 26.2. The molecule has 3 aromatic heterocycles. The lowest BCUT2D eigenvalue weighted by atomic mass is 9.94. The van der Waals surface area contributed by atoms with Gasteiger partial charge in [0.2, 0.25) is 0 Å². The van der Waals surface area contributed by atoms with Gasteiger partial charge in [0.25, 0.3) is 0 Å². The largest absolute Gasteiger partial charge is 0.455 e. The Morgan fingerprint density at radius 2 is 0.982 bits per heavy atom. The van der Waals surface area contributed by atoms with E-state index in [0.29, 0.717) is 50.9 Å². The number of furan rings is 1. The number of benzene rings is 8. The van der Waals surface area contributed by atoms with Gasteiger partial charge >= 0.3 is 0 Å². The van der Waals surface area contributed by atoms with Crippen LogP contribution >= 0.6 is 0 Å². The molecular weight excluding hydrogens is 685 g/mol. The standard InChI is InChI=1S/C51H32N4O/c1-4-16-33(17-5-1)36-30-37(32-38(31-36)55-44-27-12-10-22-40(44)41-23-11-13-28-45(41)55)39-24-15-29-46-47(39)42-25-14-26-43(48(42)56-46)51-53-49(34-18-6-2-7-19-34)52-50(54-51)35-20-8-3-9-21-35/h1-32H/i10D,11D,22D,23D,27D,28D. The molecule has 0 aliphatic heterocycles. The lowest BCUT2D eigenvalue weighted by molar-refractivity contribution is 0.669. The molecule has 262 valence electrons. The van der Waals surface area contributed by atoms with E-state index in [0.717, 1.165) is 44.2 Å². The average molecular weight is 723 g/mol. The van der Waals surface area contributed by atoms with E-state index in [9.17, 15) is 0 Å². The van der Waals surface area contributed by atoms with Crippen LogP contribution in [0.25, 0.3) is 106 Å². The second kappa shape index (κ2) is 13.0. The van der Waals surface area contributed by atoms with Crippen LogP contribution in [-0.4, -0.2) is 19.5 Å². The zero-order valence-corrected chi connectivity index (χ0v) is 29.7. The molecule has 11 rings (SSSR count). The van der Waals surface area contributed by atoms with E-state index >= 15 is 0 Å². The van der Waals surface area contributed by atoms with Crippen molar-refractivity contribution in [1.29, 1.82) is 0 Å². The minimum atomic E-state index is -0.163. The van der Waals surface area contributed by atoms with Crippen LogP contribution in [0.3, 0.4) is 0 Å². The Labute approximate surface area is 331 Å². The van der Waals surface area contributed by atoms with Crippen molar-refractivity contribution in [3.63, 3.8) is 0 Å². The van der Waals surface area contributed by atoms with Gasteiger partial charge in [-0.2, -0.15) is 0 Å². The van der Waals surface area contributed by atoms with Gasteiger partial charge in [0.1, 0.15) is 11.2 Å². The molecule has 0 saturated carbocycles. The number of hydrogen-bond donors (Lipinski definition) is 0. The summed E-state index contributed by atoms with van der Waals surface area (Å²) in [6.07, 6.45) is 0. The molecule has 0 unspecified atom stereocenters. The third kappa shape index (κ3) is 5.29. The lowest BCUT2D eigenvalue weighted by Crippen LogP contribution is -2.00. The fourth-order valence-electron chi connectivity index (χ4n) is 7.66. The second-order valence-corrected chi connectivity index (χ2v) is 13.5. The molecule has 0 saturated heterocycles. The number of fused-ring (bicyclic) bond motifs is 6. The summed E-state index contributed by atoms with van der Waals surface area (Å²) in [5.74, 6) is 1.55. The summed E-state index contributed by atoms with van der Waals surface area (Å²) >= 11 is 0. The van der Waals surface area contributed by atoms with Gasteiger partial charge in [-0.3, -0.25) is 0 Å². The highest BCUT2D eigenvalue weighted by atomic mass is 16.3. The highest BCUT2D eigenvalue weighted by Crippen LogP contribution is 2.42. The van der Waals surface area contributed by atoms with Crippen molar-refractivity contribution in [1.82, 2.24) is 19.5 Å². The first-order valence-electron chi connectivity index (χ1n) is 21.3. The Morgan fingerprint density at radius 1 is 0.429 bits per heavy atom. The molecule has 0 fully saturated rings. The summed E-state index contributed by atoms with van der Waals surface area (Å²) < 4.78 is 61.7. The predicted molar refractivity (Wildman–Crippen MR) is 229 cm³/mol. The van der Waals surface area contributed by atoms with E-state index in [1.807, 2.05) is 140 Å². The van der Waals surface area contributed by atoms with E-state index in [4.69, 9.17) is 27.6 Å². The normalized spacial score (nSPS) is 13.1. The molecule has 5 nitrogen and oxygen atoms in total. The van der Waals surface area contributed by atoms with Gasteiger partial charge < -0.3 is 8.98 Å². The number of rotatable bonds is 6. The minimum absolute atomic E-state index is 0.0196. The van der Waals surface area contributed by atoms with Gasteiger partial charge in [-0.05, 0) is 64.7 Å². The minimum Gasteiger partial charge on any atom is -0.455 e. The van der Waals surface area contributed by atoms with Gasteiger partial charge in [-0.15, -0.1) is 0 Å². The van der Waals surface area contributed by atoms with Gasteiger partial charge in [-0.25, -0.2) is 15.0 Å². The monoisotopic (exact) mass is 722 g/mol. The molecule has 11 aromatic rings. The third-order valence-corrected chi connectivity index (χ3v) is 10.2. The summed E-state index contributed by atoms with van der Waals surface area (Å²) in [5.41, 5.74) is 8.34. The van der Waals surface area contributed by atoms with Crippen molar-refractivity contribution in [2.45, 2.75) is 0 Å². The molecule has 0 aliphatic rings. The highest BCUT2D eigenvalue weighted by molar-refractivity contribution is 6.15. The Morgan fingerprint density at radius 3 is 1.62 bits per heavy atom. The number of aromatic nitrogens is 4. The molecule has 0 radical (unpaired) electrons. The van der Waals surface area contributed by atoms with Crippen molar-refractivity contribution in [3.05, 3.63) is 194 Å². The lowest BCUT2D eigenvalue weighted by Gasteiger charge is -2.14. The molecule has 0 spiro atoms. The zero-order valence-electron chi connectivity index (χ0n) is 35.7. The molecule has 0 amide bonds.